The van der Waals surface area contributed by atoms with Gasteiger partial charge in [0.15, 0.2) is 0 Å². The van der Waals surface area contributed by atoms with E-state index in [0.29, 0.717) is 13.0 Å². The summed E-state index contributed by atoms with van der Waals surface area (Å²) in [6.45, 7) is 8.10. The molecule has 0 aliphatic heterocycles. The number of hydrogen-bond donors (Lipinski definition) is 3. The number of carbonyl (C=O) groups is 2. The highest BCUT2D eigenvalue weighted by Gasteiger charge is 2.06. The highest BCUT2D eigenvalue weighted by atomic mass is 16.2. The third-order valence-electron chi connectivity index (χ3n) is 2.08. The fourth-order valence-electron chi connectivity index (χ4n) is 1.05. The van der Waals surface area contributed by atoms with Gasteiger partial charge in [-0.1, -0.05) is 6.92 Å². The summed E-state index contributed by atoms with van der Waals surface area (Å²) in [6, 6.07) is 0.0669. The fraction of sp³-hybridized carbons (Fsp3) is 0.818. The molecule has 0 aromatic carbocycles. The van der Waals surface area contributed by atoms with Gasteiger partial charge in [0.2, 0.25) is 5.91 Å². The minimum atomic E-state index is -0.230. The van der Waals surface area contributed by atoms with Crippen LogP contribution >= 0.6 is 0 Å². The maximum absolute atomic E-state index is 11.3. The second-order valence-corrected chi connectivity index (χ2v) is 4.18. The molecule has 0 aliphatic rings. The maximum Gasteiger partial charge on any atom is 0.315 e. The van der Waals surface area contributed by atoms with Gasteiger partial charge in [-0.05, 0) is 27.2 Å². The highest BCUT2D eigenvalue weighted by Crippen LogP contribution is 1.89. The van der Waals surface area contributed by atoms with Crippen LogP contribution in [0.4, 0.5) is 4.79 Å². The van der Waals surface area contributed by atoms with Crippen LogP contribution in [-0.4, -0.2) is 30.6 Å². The Morgan fingerprint density at radius 3 is 2.25 bits per heavy atom. The summed E-state index contributed by atoms with van der Waals surface area (Å²) in [5, 5.41) is 8.15. The second kappa shape index (κ2) is 7.96. The molecule has 0 spiro atoms. The average Bonchev–Trinajstić information content (AvgIpc) is 2.16. The SMILES string of the molecule is CCC(C)NC(=O)CCNC(=O)NC(C)C. The zero-order valence-corrected chi connectivity index (χ0v) is 10.6. The lowest BCUT2D eigenvalue weighted by atomic mass is 10.2. The van der Waals surface area contributed by atoms with E-state index in [9.17, 15) is 9.59 Å². The summed E-state index contributed by atoms with van der Waals surface area (Å²) in [5.41, 5.74) is 0. The largest absolute Gasteiger partial charge is 0.354 e. The zero-order valence-electron chi connectivity index (χ0n) is 10.6. The summed E-state index contributed by atoms with van der Waals surface area (Å²) in [5.74, 6) is -0.0285. The van der Waals surface area contributed by atoms with Gasteiger partial charge >= 0.3 is 6.03 Å². The van der Waals surface area contributed by atoms with E-state index in [2.05, 4.69) is 16.0 Å². The van der Waals surface area contributed by atoms with Crippen molar-refractivity contribution >= 4 is 11.9 Å². The van der Waals surface area contributed by atoms with Crippen molar-refractivity contribution in [3.63, 3.8) is 0 Å². The summed E-state index contributed by atoms with van der Waals surface area (Å²) in [7, 11) is 0. The minimum absolute atomic E-state index is 0.0285. The van der Waals surface area contributed by atoms with Crippen molar-refractivity contribution in [2.24, 2.45) is 0 Å². The van der Waals surface area contributed by atoms with Crippen LogP contribution in [0.3, 0.4) is 0 Å². The Kier molecular flexibility index (Phi) is 7.33. The molecule has 0 radical (unpaired) electrons. The van der Waals surface area contributed by atoms with Gasteiger partial charge in [0.05, 0.1) is 0 Å². The third-order valence-corrected chi connectivity index (χ3v) is 2.08. The van der Waals surface area contributed by atoms with E-state index in [-0.39, 0.29) is 24.0 Å². The number of carbonyl (C=O) groups excluding carboxylic acids is 2. The molecule has 0 heterocycles. The second-order valence-electron chi connectivity index (χ2n) is 4.18. The van der Waals surface area contributed by atoms with E-state index < -0.39 is 0 Å². The lowest BCUT2D eigenvalue weighted by Gasteiger charge is -2.12. The molecule has 0 saturated heterocycles. The van der Waals surface area contributed by atoms with Gasteiger partial charge < -0.3 is 16.0 Å². The first-order valence-electron chi connectivity index (χ1n) is 5.79. The van der Waals surface area contributed by atoms with Gasteiger partial charge in [-0.15, -0.1) is 0 Å². The fourth-order valence-corrected chi connectivity index (χ4v) is 1.05. The Balaban J connectivity index is 3.58. The van der Waals surface area contributed by atoms with Crippen molar-refractivity contribution in [3.05, 3.63) is 0 Å². The maximum atomic E-state index is 11.3. The van der Waals surface area contributed by atoms with Crippen LogP contribution in [-0.2, 0) is 4.79 Å². The van der Waals surface area contributed by atoms with Crippen molar-refractivity contribution in [3.8, 4) is 0 Å². The van der Waals surface area contributed by atoms with Crippen molar-refractivity contribution in [1.82, 2.24) is 16.0 Å². The Bertz CT molecular complexity index is 229. The van der Waals surface area contributed by atoms with Gasteiger partial charge in [0.1, 0.15) is 0 Å². The average molecular weight is 229 g/mol. The Morgan fingerprint density at radius 2 is 1.75 bits per heavy atom. The van der Waals surface area contributed by atoms with Crippen LogP contribution in [0.5, 0.6) is 0 Å². The Labute approximate surface area is 97.4 Å². The monoisotopic (exact) mass is 229 g/mol. The number of nitrogens with one attached hydrogen (secondary N) is 3. The molecule has 3 amide bonds. The summed E-state index contributed by atoms with van der Waals surface area (Å²) in [4.78, 5) is 22.5. The van der Waals surface area contributed by atoms with Crippen LogP contribution in [0.2, 0.25) is 0 Å². The molecule has 0 aliphatic carbocycles. The van der Waals surface area contributed by atoms with Crippen LogP contribution in [0.1, 0.15) is 40.5 Å². The van der Waals surface area contributed by atoms with E-state index in [1.165, 1.54) is 0 Å². The summed E-state index contributed by atoms with van der Waals surface area (Å²) in [6.07, 6.45) is 1.23. The van der Waals surface area contributed by atoms with Crippen molar-refractivity contribution in [2.45, 2.75) is 52.6 Å². The number of hydrogen-bond acceptors (Lipinski definition) is 2. The zero-order chi connectivity index (χ0) is 12.6. The first kappa shape index (κ1) is 14.7. The smallest absolute Gasteiger partial charge is 0.315 e. The van der Waals surface area contributed by atoms with Gasteiger partial charge in [0, 0.05) is 25.0 Å². The van der Waals surface area contributed by atoms with Gasteiger partial charge in [-0.25, -0.2) is 4.79 Å². The lowest BCUT2D eigenvalue weighted by Crippen LogP contribution is -2.41. The van der Waals surface area contributed by atoms with Gasteiger partial charge in [0.25, 0.3) is 0 Å². The Morgan fingerprint density at radius 1 is 1.12 bits per heavy atom. The van der Waals surface area contributed by atoms with E-state index >= 15 is 0 Å². The highest BCUT2D eigenvalue weighted by molar-refractivity contribution is 5.78. The van der Waals surface area contributed by atoms with Gasteiger partial charge in [-0.3, -0.25) is 4.79 Å². The molecular weight excluding hydrogens is 206 g/mol. The molecule has 0 aromatic heterocycles. The molecule has 5 heteroatoms. The molecule has 0 rings (SSSR count). The molecule has 0 bridgehead atoms. The number of amides is 3. The van der Waals surface area contributed by atoms with E-state index in [1.54, 1.807) is 0 Å². The van der Waals surface area contributed by atoms with Crippen molar-refractivity contribution < 1.29 is 9.59 Å². The molecule has 1 atom stereocenters. The number of urea groups is 1. The molecular formula is C11H23N3O2. The molecule has 16 heavy (non-hydrogen) atoms. The summed E-state index contributed by atoms with van der Waals surface area (Å²) < 4.78 is 0. The third kappa shape index (κ3) is 8.08. The van der Waals surface area contributed by atoms with Crippen LogP contribution < -0.4 is 16.0 Å². The number of rotatable bonds is 6. The van der Waals surface area contributed by atoms with E-state index in [1.807, 2.05) is 27.7 Å². The van der Waals surface area contributed by atoms with Gasteiger partial charge in [-0.2, -0.15) is 0 Å². The van der Waals surface area contributed by atoms with E-state index in [4.69, 9.17) is 0 Å². The molecule has 0 fully saturated rings. The van der Waals surface area contributed by atoms with Crippen LogP contribution in [0.15, 0.2) is 0 Å². The predicted molar refractivity (Wildman–Crippen MR) is 64.2 cm³/mol. The minimum Gasteiger partial charge on any atom is -0.354 e. The molecule has 94 valence electrons. The standard InChI is InChI=1S/C11H23N3O2/c1-5-9(4)14-10(15)6-7-12-11(16)13-8(2)3/h8-9H,5-7H2,1-4H3,(H,14,15)(H2,12,13,16). The Hall–Kier alpha value is -1.26. The molecule has 5 nitrogen and oxygen atoms in total. The van der Waals surface area contributed by atoms with Crippen LogP contribution in [0, 0.1) is 0 Å². The van der Waals surface area contributed by atoms with Crippen molar-refractivity contribution in [1.29, 1.82) is 0 Å². The topological polar surface area (TPSA) is 70.2 Å². The first-order valence-corrected chi connectivity index (χ1v) is 5.79. The predicted octanol–water partition coefficient (Wildman–Crippen LogP) is 0.999. The molecule has 3 N–H and O–H groups in total. The molecule has 1 unspecified atom stereocenters. The molecule has 0 saturated carbocycles. The lowest BCUT2D eigenvalue weighted by molar-refractivity contribution is -0.121. The van der Waals surface area contributed by atoms with E-state index in [0.717, 1.165) is 6.42 Å². The van der Waals surface area contributed by atoms with Crippen LogP contribution in [0.25, 0.3) is 0 Å². The normalized spacial score (nSPS) is 12.1. The first-order chi connectivity index (χ1) is 7.45. The molecule has 0 aromatic rings. The quantitative estimate of drug-likeness (QED) is 0.636. The van der Waals surface area contributed by atoms with Crippen molar-refractivity contribution in [2.75, 3.05) is 6.54 Å². The summed E-state index contributed by atoms with van der Waals surface area (Å²) >= 11 is 0.